The molecule has 1 N–H and O–H groups in total. The molecule has 2 fully saturated rings. The van der Waals surface area contributed by atoms with Gasteiger partial charge in [0.1, 0.15) is 5.75 Å². The smallest absolute Gasteiger partial charge is 0.309 e. The fourth-order valence-electron chi connectivity index (χ4n) is 4.62. The van der Waals surface area contributed by atoms with Crippen LogP contribution in [0.1, 0.15) is 50.6 Å². The van der Waals surface area contributed by atoms with Crippen molar-refractivity contribution in [3.05, 3.63) is 29.8 Å². The Hall–Kier alpha value is -2.28. The zero-order chi connectivity index (χ0) is 22.1. The summed E-state index contributed by atoms with van der Waals surface area (Å²) in [5.74, 6) is 1.75. The minimum Gasteiger partial charge on any atom is -0.497 e. The first kappa shape index (κ1) is 23.4. The van der Waals surface area contributed by atoms with Gasteiger partial charge in [-0.25, -0.2) is 0 Å². The fourth-order valence-corrected chi connectivity index (χ4v) is 4.62. The highest BCUT2D eigenvalue weighted by Gasteiger charge is 2.28. The predicted octanol–water partition coefficient (Wildman–Crippen LogP) is 3.07. The standard InChI is InChI=1S/C24H38N4O3/c1-4-31-23(29)20-12-16-28(17-13-20)24(25-2)26-18-22(27-14-6-5-7-15-27)19-8-10-21(30-3)11-9-19/h8-11,20,22H,4-7,12-18H2,1-3H3,(H,25,26). The Morgan fingerprint density at radius 1 is 1.13 bits per heavy atom. The number of nitrogens with one attached hydrogen (secondary N) is 1. The number of aliphatic imine (C=N–C) groups is 1. The molecule has 0 bridgehead atoms. The first-order valence-corrected chi connectivity index (χ1v) is 11.7. The number of carbonyl (C=O) groups is 1. The van der Waals surface area contributed by atoms with E-state index in [9.17, 15) is 4.79 Å². The van der Waals surface area contributed by atoms with Gasteiger partial charge in [-0.15, -0.1) is 0 Å². The molecule has 1 aromatic rings. The van der Waals surface area contributed by atoms with Crippen molar-refractivity contribution in [3.8, 4) is 5.75 Å². The summed E-state index contributed by atoms with van der Waals surface area (Å²) in [7, 11) is 3.54. The van der Waals surface area contributed by atoms with Crippen LogP contribution in [0.25, 0.3) is 0 Å². The van der Waals surface area contributed by atoms with E-state index < -0.39 is 0 Å². The van der Waals surface area contributed by atoms with Gasteiger partial charge in [0, 0.05) is 26.7 Å². The van der Waals surface area contributed by atoms with E-state index in [0.717, 1.165) is 57.3 Å². The van der Waals surface area contributed by atoms with E-state index in [2.05, 4.69) is 32.2 Å². The molecule has 2 aliphatic heterocycles. The lowest BCUT2D eigenvalue weighted by Crippen LogP contribution is -2.49. The molecule has 7 heteroatoms. The van der Waals surface area contributed by atoms with Crippen LogP contribution in [0, 0.1) is 5.92 Å². The van der Waals surface area contributed by atoms with E-state index >= 15 is 0 Å². The number of guanidine groups is 1. The van der Waals surface area contributed by atoms with Gasteiger partial charge in [0.25, 0.3) is 0 Å². The topological polar surface area (TPSA) is 66.4 Å². The van der Waals surface area contributed by atoms with Gasteiger partial charge in [-0.1, -0.05) is 18.6 Å². The van der Waals surface area contributed by atoms with Gasteiger partial charge in [0.15, 0.2) is 5.96 Å². The number of ether oxygens (including phenoxy) is 2. The Kier molecular flexibility index (Phi) is 9.00. The van der Waals surface area contributed by atoms with E-state index in [1.54, 1.807) is 7.11 Å². The van der Waals surface area contributed by atoms with E-state index in [1.165, 1.54) is 24.8 Å². The zero-order valence-electron chi connectivity index (χ0n) is 19.3. The van der Waals surface area contributed by atoms with Gasteiger partial charge in [0.2, 0.25) is 0 Å². The number of rotatable bonds is 7. The molecule has 2 heterocycles. The first-order chi connectivity index (χ1) is 15.2. The van der Waals surface area contributed by atoms with Crippen LogP contribution in [0.3, 0.4) is 0 Å². The Balaban J connectivity index is 1.62. The summed E-state index contributed by atoms with van der Waals surface area (Å²) < 4.78 is 10.5. The van der Waals surface area contributed by atoms with Crippen LogP contribution in [0.2, 0.25) is 0 Å². The summed E-state index contributed by atoms with van der Waals surface area (Å²) in [4.78, 5) is 21.4. The second kappa shape index (κ2) is 11.9. The largest absolute Gasteiger partial charge is 0.497 e. The minimum absolute atomic E-state index is 0.00898. The van der Waals surface area contributed by atoms with E-state index in [-0.39, 0.29) is 11.9 Å². The summed E-state index contributed by atoms with van der Waals surface area (Å²) in [6.45, 7) is 7.01. The third kappa shape index (κ3) is 6.35. The molecule has 1 aromatic carbocycles. The molecule has 0 saturated carbocycles. The second-order valence-electron chi connectivity index (χ2n) is 8.33. The Morgan fingerprint density at radius 3 is 2.39 bits per heavy atom. The van der Waals surface area contributed by atoms with Crippen LogP contribution in [-0.2, 0) is 9.53 Å². The van der Waals surface area contributed by atoms with Gasteiger partial charge in [-0.3, -0.25) is 14.7 Å². The van der Waals surface area contributed by atoms with Crippen molar-refractivity contribution in [1.82, 2.24) is 15.1 Å². The summed E-state index contributed by atoms with van der Waals surface area (Å²) in [5, 5.41) is 3.62. The maximum absolute atomic E-state index is 12.0. The molecule has 7 nitrogen and oxygen atoms in total. The minimum atomic E-state index is -0.0604. The predicted molar refractivity (Wildman–Crippen MR) is 123 cm³/mol. The van der Waals surface area contributed by atoms with Crippen LogP contribution >= 0.6 is 0 Å². The fraction of sp³-hybridized carbons (Fsp3) is 0.667. The van der Waals surface area contributed by atoms with Gasteiger partial charge < -0.3 is 19.7 Å². The number of methoxy groups -OCH3 is 1. The number of carbonyl (C=O) groups excluding carboxylic acids is 1. The highest BCUT2D eigenvalue weighted by molar-refractivity contribution is 5.80. The zero-order valence-corrected chi connectivity index (χ0v) is 19.3. The number of hydrogen-bond acceptors (Lipinski definition) is 5. The molecule has 2 aliphatic rings. The summed E-state index contributed by atoms with van der Waals surface area (Å²) in [6.07, 6.45) is 5.45. The van der Waals surface area contributed by atoms with Gasteiger partial charge in [0.05, 0.1) is 25.7 Å². The number of piperidine rings is 2. The van der Waals surface area contributed by atoms with Crippen LogP contribution < -0.4 is 10.1 Å². The maximum atomic E-state index is 12.0. The lowest BCUT2D eigenvalue weighted by molar-refractivity contribution is -0.149. The van der Waals surface area contributed by atoms with Gasteiger partial charge in [-0.2, -0.15) is 0 Å². The van der Waals surface area contributed by atoms with Crippen molar-refractivity contribution in [2.24, 2.45) is 10.9 Å². The Bertz CT molecular complexity index is 708. The molecule has 2 saturated heterocycles. The number of esters is 1. The molecule has 172 valence electrons. The number of likely N-dealkylation sites (tertiary alicyclic amines) is 2. The van der Waals surface area contributed by atoms with Crippen molar-refractivity contribution < 1.29 is 14.3 Å². The van der Waals surface area contributed by atoms with E-state index in [1.807, 2.05) is 26.1 Å². The average Bonchev–Trinajstić information content (AvgIpc) is 2.83. The monoisotopic (exact) mass is 430 g/mol. The number of nitrogens with zero attached hydrogens (tertiary/aromatic N) is 3. The summed E-state index contributed by atoms with van der Waals surface area (Å²) >= 11 is 0. The number of hydrogen-bond donors (Lipinski definition) is 1. The first-order valence-electron chi connectivity index (χ1n) is 11.7. The molecule has 31 heavy (non-hydrogen) atoms. The normalized spacial score (nSPS) is 19.7. The second-order valence-corrected chi connectivity index (χ2v) is 8.33. The van der Waals surface area contributed by atoms with Crippen LogP contribution in [0.4, 0.5) is 0 Å². The highest BCUT2D eigenvalue weighted by atomic mass is 16.5. The van der Waals surface area contributed by atoms with Crippen molar-refractivity contribution in [2.75, 3.05) is 53.5 Å². The van der Waals surface area contributed by atoms with Crippen molar-refractivity contribution in [1.29, 1.82) is 0 Å². The lowest BCUT2D eigenvalue weighted by Gasteiger charge is -2.37. The molecular formula is C24H38N4O3. The number of benzene rings is 1. The molecule has 0 aromatic heterocycles. The van der Waals surface area contributed by atoms with Crippen LogP contribution in [0.5, 0.6) is 5.75 Å². The van der Waals surface area contributed by atoms with Crippen molar-refractivity contribution in [2.45, 2.75) is 45.1 Å². The van der Waals surface area contributed by atoms with E-state index in [4.69, 9.17) is 9.47 Å². The molecule has 0 spiro atoms. The van der Waals surface area contributed by atoms with Crippen LogP contribution in [0.15, 0.2) is 29.3 Å². The van der Waals surface area contributed by atoms with Gasteiger partial charge in [-0.05, 0) is 63.4 Å². The van der Waals surface area contributed by atoms with Crippen molar-refractivity contribution >= 4 is 11.9 Å². The summed E-state index contributed by atoms with van der Waals surface area (Å²) in [6, 6.07) is 8.73. The Morgan fingerprint density at radius 2 is 1.81 bits per heavy atom. The van der Waals surface area contributed by atoms with E-state index in [0.29, 0.717) is 12.6 Å². The third-order valence-electron chi connectivity index (χ3n) is 6.41. The van der Waals surface area contributed by atoms with Crippen molar-refractivity contribution in [3.63, 3.8) is 0 Å². The highest BCUT2D eigenvalue weighted by Crippen LogP contribution is 2.26. The molecule has 1 unspecified atom stereocenters. The molecule has 0 radical (unpaired) electrons. The Labute approximate surface area is 186 Å². The molecule has 3 rings (SSSR count). The van der Waals surface area contributed by atoms with Gasteiger partial charge >= 0.3 is 5.97 Å². The lowest BCUT2D eigenvalue weighted by atomic mass is 9.97. The summed E-state index contributed by atoms with van der Waals surface area (Å²) in [5.41, 5.74) is 1.30. The average molecular weight is 431 g/mol. The third-order valence-corrected chi connectivity index (χ3v) is 6.41. The maximum Gasteiger partial charge on any atom is 0.309 e. The SMILES string of the molecule is CCOC(=O)C1CCN(C(=NC)NCC(c2ccc(OC)cc2)N2CCCCC2)CC1. The molecule has 1 atom stereocenters. The molecule has 0 aliphatic carbocycles. The molecular weight excluding hydrogens is 392 g/mol. The van der Waals surface area contributed by atoms with Crippen LogP contribution in [-0.4, -0.2) is 75.2 Å². The quantitative estimate of drug-likeness (QED) is 0.407. The molecule has 0 amide bonds.